The summed E-state index contributed by atoms with van der Waals surface area (Å²) in [6.45, 7) is 0. The fraction of sp³-hybridized carbons (Fsp3) is 0.278. The van der Waals surface area contributed by atoms with Crippen molar-refractivity contribution in [2.75, 3.05) is 11.0 Å². The molecule has 2 aromatic rings. The summed E-state index contributed by atoms with van der Waals surface area (Å²) in [6, 6.07) is 19.0. The highest BCUT2D eigenvalue weighted by Gasteiger charge is 2.33. The van der Waals surface area contributed by atoms with E-state index in [1.165, 1.54) is 0 Å². The van der Waals surface area contributed by atoms with Crippen LogP contribution in [0, 0.1) is 0 Å². The highest BCUT2D eigenvalue weighted by molar-refractivity contribution is 5.88. The van der Waals surface area contributed by atoms with Crippen LogP contribution in [0.25, 0.3) is 0 Å². The second-order valence-corrected chi connectivity index (χ2v) is 5.48. The predicted molar refractivity (Wildman–Crippen MR) is 88.7 cm³/mol. The number of hydrogen-bond acceptors (Lipinski definition) is 5. The van der Waals surface area contributed by atoms with Gasteiger partial charge in [-0.2, -0.15) is 0 Å². The Hall–Kier alpha value is -2.37. The number of Topliss-reactive ketones (excluding diaryl/α,β-unsaturated/α-hetero) is 1. The molecule has 0 spiro atoms. The molecule has 1 fully saturated rings. The molecule has 0 amide bonds. The Morgan fingerprint density at radius 2 is 1.17 bits per heavy atom. The summed E-state index contributed by atoms with van der Waals surface area (Å²) in [7, 11) is 0. The first-order valence-electron chi connectivity index (χ1n) is 7.80. The molecule has 0 aliphatic heterocycles. The van der Waals surface area contributed by atoms with Crippen LogP contribution >= 0.6 is 0 Å². The third kappa shape index (κ3) is 4.31. The van der Waals surface area contributed by atoms with E-state index in [-0.39, 0.29) is 5.78 Å². The van der Waals surface area contributed by atoms with Crippen LogP contribution in [0.4, 0.5) is 11.4 Å². The number of hydrogen-bond donors (Lipinski definition) is 2. The highest BCUT2D eigenvalue weighted by atomic mass is 16.7. The van der Waals surface area contributed by atoms with Gasteiger partial charge in [0.25, 0.3) is 0 Å². The molecule has 5 heteroatoms. The smallest absolute Gasteiger partial charge is 0.195 e. The lowest BCUT2D eigenvalue weighted by Gasteiger charge is -2.27. The normalized spacial score (nSPS) is 21.0. The van der Waals surface area contributed by atoms with E-state index in [2.05, 4.69) is 11.0 Å². The maximum Gasteiger partial charge on any atom is 0.195 e. The number of carbonyl (C=O) groups is 1. The molecule has 1 aliphatic carbocycles. The zero-order chi connectivity index (χ0) is 15.9. The lowest BCUT2D eigenvalue weighted by atomic mass is 9.94. The summed E-state index contributed by atoms with van der Waals surface area (Å²) >= 11 is 0. The van der Waals surface area contributed by atoms with Crippen molar-refractivity contribution in [3.63, 3.8) is 0 Å². The van der Waals surface area contributed by atoms with Crippen molar-refractivity contribution >= 4 is 17.2 Å². The summed E-state index contributed by atoms with van der Waals surface area (Å²) in [4.78, 5) is 23.6. The second-order valence-electron chi connectivity index (χ2n) is 5.48. The van der Waals surface area contributed by atoms with Gasteiger partial charge in [-0.15, -0.1) is 0 Å². The SMILES string of the molecule is O=C1C(ONc2ccccc2)CCCC1ONc1ccccc1. The third-order valence-corrected chi connectivity index (χ3v) is 3.75. The van der Waals surface area contributed by atoms with Crippen molar-refractivity contribution in [1.82, 2.24) is 0 Å². The lowest BCUT2D eigenvalue weighted by molar-refractivity contribution is -0.143. The molecule has 2 unspecified atom stereocenters. The topological polar surface area (TPSA) is 59.6 Å². The van der Waals surface area contributed by atoms with Gasteiger partial charge in [-0.1, -0.05) is 36.4 Å². The summed E-state index contributed by atoms with van der Waals surface area (Å²) in [5.74, 6) is -0.0388. The molecule has 0 saturated heterocycles. The Morgan fingerprint density at radius 3 is 1.61 bits per heavy atom. The maximum atomic E-state index is 12.4. The standard InChI is InChI=1S/C18H20N2O3/c21-18-16(22-19-14-8-3-1-4-9-14)12-7-13-17(18)23-20-15-10-5-2-6-11-15/h1-6,8-11,16-17,19-20H,7,12-13H2. The van der Waals surface area contributed by atoms with Gasteiger partial charge in [-0.3, -0.25) is 25.4 Å². The highest BCUT2D eigenvalue weighted by Crippen LogP contribution is 2.22. The van der Waals surface area contributed by atoms with Gasteiger partial charge in [0.2, 0.25) is 0 Å². The van der Waals surface area contributed by atoms with Crippen LogP contribution in [-0.2, 0) is 14.5 Å². The molecule has 0 heterocycles. The Morgan fingerprint density at radius 1 is 0.739 bits per heavy atom. The zero-order valence-electron chi connectivity index (χ0n) is 12.8. The van der Waals surface area contributed by atoms with Crippen LogP contribution in [0.2, 0.25) is 0 Å². The fourth-order valence-electron chi connectivity index (χ4n) is 2.51. The van der Waals surface area contributed by atoms with E-state index >= 15 is 0 Å². The van der Waals surface area contributed by atoms with E-state index in [0.29, 0.717) is 12.8 Å². The van der Waals surface area contributed by atoms with E-state index in [1.54, 1.807) is 0 Å². The average molecular weight is 312 g/mol. The Bertz CT molecular complexity index is 565. The molecule has 2 N–H and O–H groups in total. The number of carbonyl (C=O) groups excluding carboxylic acids is 1. The van der Waals surface area contributed by atoms with E-state index in [9.17, 15) is 4.79 Å². The molecule has 3 rings (SSSR count). The number of benzene rings is 2. The molecule has 2 atom stereocenters. The van der Waals surface area contributed by atoms with E-state index < -0.39 is 12.2 Å². The second kappa shape index (κ2) is 7.76. The molecule has 1 saturated carbocycles. The van der Waals surface area contributed by atoms with E-state index in [1.807, 2.05) is 60.7 Å². The van der Waals surface area contributed by atoms with Crippen LogP contribution in [-0.4, -0.2) is 18.0 Å². The monoisotopic (exact) mass is 312 g/mol. The average Bonchev–Trinajstić information content (AvgIpc) is 2.61. The molecule has 1 aliphatic rings. The summed E-state index contributed by atoms with van der Waals surface area (Å²) < 4.78 is 0. The quantitative estimate of drug-likeness (QED) is 0.799. The minimum Gasteiger partial charge on any atom is -0.294 e. The summed E-state index contributed by atoms with van der Waals surface area (Å²) in [6.07, 6.45) is 1.29. The number of anilines is 2. The molecule has 0 radical (unpaired) electrons. The molecular weight excluding hydrogens is 292 g/mol. The first-order valence-corrected chi connectivity index (χ1v) is 7.80. The number of para-hydroxylation sites is 2. The first kappa shape index (κ1) is 15.5. The van der Waals surface area contributed by atoms with Crippen molar-refractivity contribution in [2.24, 2.45) is 0 Å². The van der Waals surface area contributed by atoms with Crippen LogP contribution in [0.5, 0.6) is 0 Å². The maximum absolute atomic E-state index is 12.4. The third-order valence-electron chi connectivity index (χ3n) is 3.75. The zero-order valence-corrected chi connectivity index (χ0v) is 12.8. The van der Waals surface area contributed by atoms with Gasteiger partial charge in [0, 0.05) is 0 Å². The molecule has 5 nitrogen and oxygen atoms in total. The Kier molecular flexibility index (Phi) is 5.24. The van der Waals surface area contributed by atoms with Crippen molar-refractivity contribution in [3.05, 3.63) is 60.7 Å². The fourth-order valence-corrected chi connectivity index (χ4v) is 2.51. The molecule has 0 aromatic heterocycles. The molecule has 120 valence electrons. The van der Waals surface area contributed by atoms with Gasteiger partial charge in [-0.05, 0) is 43.5 Å². The van der Waals surface area contributed by atoms with Crippen molar-refractivity contribution in [1.29, 1.82) is 0 Å². The largest absolute Gasteiger partial charge is 0.294 e. The van der Waals surface area contributed by atoms with Gasteiger partial charge in [0.1, 0.15) is 12.2 Å². The number of nitrogens with one attached hydrogen (secondary N) is 2. The number of ketones is 1. The minimum absolute atomic E-state index is 0.0388. The Labute approximate surface area is 135 Å². The van der Waals surface area contributed by atoms with Crippen molar-refractivity contribution < 1.29 is 14.5 Å². The molecule has 0 bridgehead atoms. The van der Waals surface area contributed by atoms with E-state index in [4.69, 9.17) is 9.68 Å². The van der Waals surface area contributed by atoms with Gasteiger partial charge in [-0.25, -0.2) is 0 Å². The Balaban J connectivity index is 1.51. The van der Waals surface area contributed by atoms with Crippen LogP contribution in [0.3, 0.4) is 0 Å². The molecule has 2 aromatic carbocycles. The van der Waals surface area contributed by atoms with Gasteiger partial charge >= 0.3 is 0 Å². The van der Waals surface area contributed by atoms with Crippen LogP contribution < -0.4 is 11.0 Å². The van der Waals surface area contributed by atoms with Gasteiger partial charge in [0.05, 0.1) is 11.4 Å². The molecule has 23 heavy (non-hydrogen) atoms. The first-order chi connectivity index (χ1) is 11.3. The van der Waals surface area contributed by atoms with E-state index in [0.717, 1.165) is 17.8 Å². The van der Waals surface area contributed by atoms with Gasteiger partial charge < -0.3 is 0 Å². The minimum atomic E-state index is -0.494. The summed E-state index contributed by atoms with van der Waals surface area (Å²) in [5.41, 5.74) is 7.33. The van der Waals surface area contributed by atoms with Crippen molar-refractivity contribution in [3.8, 4) is 0 Å². The number of rotatable bonds is 6. The summed E-state index contributed by atoms with van der Waals surface area (Å²) in [5, 5.41) is 0. The van der Waals surface area contributed by atoms with Crippen molar-refractivity contribution in [2.45, 2.75) is 31.5 Å². The lowest BCUT2D eigenvalue weighted by Crippen LogP contribution is -2.41. The molecular formula is C18H20N2O3. The predicted octanol–water partition coefficient (Wildman–Crippen LogP) is 3.56. The van der Waals surface area contributed by atoms with Crippen LogP contribution in [0.1, 0.15) is 19.3 Å². The van der Waals surface area contributed by atoms with Gasteiger partial charge in [0.15, 0.2) is 5.78 Å². The van der Waals surface area contributed by atoms with Crippen LogP contribution in [0.15, 0.2) is 60.7 Å².